The van der Waals surface area contributed by atoms with Gasteiger partial charge in [-0.05, 0) is 30.3 Å². The number of halogens is 1. The second-order valence-electron chi connectivity index (χ2n) is 5.14. The maximum atomic E-state index is 12.4. The van der Waals surface area contributed by atoms with E-state index in [-0.39, 0.29) is 17.9 Å². The monoisotopic (exact) mass is 399 g/mol. The van der Waals surface area contributed by atoms with E-state index >= 15 is 0 Å². The predicted octanol–water partition coefficient (Wildman–Crippen LogP) is 4.65. The van der Waals surface area contributed by atoms with Crippen LogP contribution in [0.2, 0.25) is 0 Å². The van der Waals surface area contributed by atoms with Gasteiger partial charge in [0, 0.05) is 10.0 Å². The summed E-state index contributed by atoms with van der Waals surface area (Å²) in [6.07, 6.45) is 1.41. The van der Waals surface area contributed by atoms with Crippen LogP contribution in [-0.2, 0) is 11.3 Å². The number of ether oxygens (including phenoxy) is 1. The smallest absolute Gasteiger partial charge is 0.340 e. The molecule has 1 amide bonds. The van der Waals surface area contributed by atoms with Crippen molar-refractivity contribution >= 4 is 33.5 Å². The number of esters is 1. The lowest BCUT2D eigenvalue weighted by Crippen LogP contribution is -2.15. The van der Waals surface area contributed by atoms with Crippen molar-refractivity contribution in [3.8, 4) is 0 Å². The Bertz CT molecular complexity index is 890. The minimum Gasteiger partial charge on any atom is -0.459 e. The molecule has 0 saturated carbocycles. The summed E-state index contributed by atoms with van der Waals surface area (Å²) in [6.45, 7) is 0.126. The fraction of sp³-hybridized carbons (Fsp3) is 0.0526. The first-order valence-electron chi connectivity index (χ1n) is 7.49. The highest BCUT2D eigenvalue weighted by Crippen LogP contribution is 2.20. The van der Waals surface area contributed by atoms with Crippen molar-refractivity contribution in [2.45, 2.75) is 6.61 Å². The van der Waals surface area contributed by atoms with E-state index < -0.39 is 11.9 Å². The molecule has 1 N–H and O–H groups in total. The number of rotatable bonds is 5. The molecule has 0 aliphatic carbocycles. The molecule has 0 bridgehead atoms. The Morgan fingerprint density at radius 1 is 1.00 bits per heavy atom. The lowest BCUT2D eigenvalue weighted by Gasteiger charge is -2.11. The maximum Gasteiger partial charge on any atom is 0.340 e. The maximum absolute atomic E-state index is 12.4. The van der Waals surface area contributed by atoms with Crippen molar-refractivity contribution in [2.75, 3.05) is 5.32 Å². The zero-order valence-corrected chi connectivity index (χ0v) is 14.7. The van der Waals surface area contributed by atoms with Gasteiger partial charge in [0.2, 0.25) is 0 Å². The van der Waals surface area contributed by atoms with E-state index in [1.54, 1.807) is 36.4 Å². The minimum atomic E-state index is -0.522. The largest absolute Gasteiger partial charge is 0.459 e. The molecule has 3 aromatic rings. The first kappa shape index (κ1) is 17.0. The third-order valence-electron chi connectivity index (χ3n) is 3.46. The number of furan rings is 1. The van der Waals surface area contributed by atoms with Gasteiger partial charge >= 0.3 is 5.97 Å². The summed E-state index contributed by atoms with van der Waals surface area (Å²) in [5, 5.41) is 2.66. The van der Waals surface area contributed by atoms with Crippen LogP contribution < -0.4 is 5.32 Å². The van der Waals surface area contributed by atoms with Gasteiger partial charge in [0.15, 0.2) is 5.76 Å². The summed E-state index contributed by atoms with van der Waals surface area (Å²) >= 11 is 3.41. The van der Waals surface area contributed by atoms with Gasteiger partial charge in [-0.2, -0.15) is 0 Å². The highest BCUT2D eigenvalue weighted by atomic mass is 79.9. The number of amides is 1. The van der Waals surface area contributed by atoms with Gasteiger partial charge < -0.3 is 14.5 Å². The second-order valence-corrected chi connectivity index (χ2v) is 6.00. The molecule has 6 heteroatoms. The van der Waals surface area contributed by atoms with Crippen LogP contribution in [0.3, 0.4) is 0 Å². The molecule has 2 aromatic carbocycles. The summed E-state index contributed by atoms with van der Waals surface area (Å²) in [4.78, 5) is 24.5. The lowest BCUT2D eigenvalue weighted by atomic mass is 10.1. The minimum absolute atomic E-state index is 0.126. The zero-order valence-electron chi connectivity index (χ0n) is 13.1. The number of anilines is 1. The Kier molecular flexibility index (Phi) is 5.30. The molecular weight excluding hydrogens is 386 g/mol. The fourth-order valence-electron chi connectivity index (χ4n) is 2.20. The van der Waals surface area contributed by atoms with Gasteiger partial charge in [-0.25, -0.2) is 4.79 Å². The molecule has 0 unspecified atom stereocenters. The molecule has 0 atom stereocenters. The number of carbonyl (C=O) groups excluding carboxylic acids is 2. The molecule has 0 saturated heterocycles. The number of benzene rings is 2. The number of nitrogens with one attached hydrogen (secondary N) is 1. The van der Waals surface area contributed by atoms with Crippen molar-refractivity contribution in [1.82, 2.24) is 0 Å². The molecule has 0 aliphatic rings. The van der Waals surface area contributed by atoms with Crippen molar-refractivity contribution in [2.24, 2.45) is 0 Å². The van der Waals surface area contributed by atoms with E-state index in [0.717, 1.165) is 10.0 Å². The van der Waals surface area contributed by atoms with Gasteiger partial charge in [-0.3, -0.25) is 4.79 Å². The van der Waals surface area contributed by atoms with Gasteiger partial charge in [-0.1, -0.05) is 46.3 Å². The van der Waals surface area contributed by atoms with Crippen LogP contribution in [0.5, 0.6) is 0 Å². The van der Waals surface area contributed by atoms with E-state index in [9.17, 15) is 9.59 Å². The summed E-state index contributed by atoms with van der Waals surface area (Å²) in [7, 11) is 0. The summed E-state index contributed by atoms with van der Waals surface area (Å²) in [6, 6.07) is 17.3. The van der Waals surface area contributed by atoms with Crippen LogP contribution in [0.15, 0.2) is 75.8 Å². The van der Waals surface area contributed by atoms with Gasteiger partial charge in [-0.15, -0.1) is 0 Å². The van der Waals surface area contributed by atoms with Crippen molar-refractivity contribution in [1.29, 1.82) is 0 Å². The molecule has 0 aliphatic heterocycles. The Labute approximate surface area is 152 Å². The van der Waals surface area contributed by atoms with Crippen LogP contribution in [0.1, 0.15) is 26.5 Å². The van der Waals surface area contributed by atoms with Crippen LogP contribution in [0, 0.1) is 0 Å². The van der Waals surface area contributed by atoms with E-state index in [1.165, 1.54) is 6.26 Å². The quantitative estimate of drug-likeness (QED) is 0.633. The van der Waals surface area contributed by atoms with Crippen molar-refractivity contribution in [3.05, 3.63) is 88.3 Å². The molecule has 1 heterocycles. The Morgan fingerprint density at radius 2 is 1.76 bits per heavy atom. The van der Waals surface area contributed by atoms with Crippen LogP contribution in [-0.4, -0.2) is 11.9 Å². The summed E-state index contributed by atoms with van der Waals surface area (Å²) in [5.41, 5.74) is 1.49. The third-order valence-corrected chi connectivity index (χ3v) is 4.23. The standard InChI is InChI=1S/C19H14BrNO4/c20-15-8-3-1-6-13(15)12-25-19(23)14-7-2-4-9-16(14)21-18(22)17-10-5-11-24-17/h1-11H,12H2,(H,21,22). The fourth-order valence-corrected chi connectivity index (χ4v) is 2.60. The van der Waals surface area contributed by atoms with E-state index in [0.29, 0.717) is 5.69 Å². The Balaban J connectivity index is 1.72. The SMILES string of the molecule is O=C(Nc1ccccc1C(=O)OCc1ccccc1Br)c1ccco1. The average Bonchev–Trinajstić information content (AvgIpc) is 3.16. The van der Waals surface area contributed by atoms with E-state index in [1.807, 2.05) is 24.3 Å². The Hall–Kier alpha value is -2.86. The molecule has 0 radical (unpaired) electrons. The van der Waals surface area contributed by atoms with Crippen molar-refractivity contribution < 1.29 is 18.7 Å². The second kappa shape index (κ2) is 7.81. The molecule has 0 fully saturated rings. The first-order valence-corrected chi connectivity index (χ1v) is 8.29. The Morgan fingerprint density at radius 3 is 2.52 bits per heavy atom. The number of hydrogen-bond donors (Lipinski definition) is 1. The molecule has 126 valence electrons. The topological polar surface area (TPSA) is 68.5 Å². The van der Waals surface area contributed by atoms with Crippen molar-refractivity contribution in [3.63, 3.8) is 0 Å². The molecule has 0 spiro atoms. The van der Waals surface area contributed by atoms with Crippen LogP contribution in [0.25, 0.3) is 0 Å². The molecule has 5 nitrogen and oxygen atoms in total. The van der Waals surface area contributed by atoms with Gasteiger partial charge in [0.25, 0.3) is 5.91 Å². The van der Waals surface area contributed by atoms with Gasteiger partial charge in [0.05, 0.1) is 17.5 Å². The van der Waals surface area contributed by atoms with Crippen LogP contribution >= 0.6 is 15.9 Å². The zero-order chi connectivity index (χ0) is 17.6. The molecular formula is C19H14BrNO4. The number of hydrogen-bond acceptors (Lipinski definition) is 4. The molecule has 1 aromatic heterocycles. The van der Waals surface area contributed by atoms with E-state index in [4.69, 9.17) is 9.15 Å². The predicted molar refractivity (Wildman–Crippen MR) is 96.4 cm³/mol. The highest BCUT2D eigenvalue weighted by molar-refractivity contribution is 9.10. The normalized spacial score (nSPS) is 10.3. The number of para-hydroxylation sites is 1. The summed E-state index contributed by atoms with van der Waals surface area (Å²) in [5.74, 6) is -0.793. The third kappa shape index (κ3) is 4.16. The molecule has 25 heavy (non-hydrogen) atoms. The summed E-state index contributed by atoms with van der Waals surface area (Å²) < 4.78 is 11.3. The average molecular weight is 400 g/mol. The lowest BCUT2D eigenvalue weighted by molar-refractivity contribution is 0.0473. The molecule has 3 rings (SSSR count). The van der Waals surface area contributed by atoms with E-state index in [2.05, 4.69) is 21.2 Å². The number of carbonyl (C=O) groups is 2. The first-order chi connectivity index (χ1) is 12.1. The van der Waals surface area contributed by atoms with Crippen LogP contribution in [0.4, 0.5) is 5.69 Å². The van der Waals surface area contributed by atoms with Gasteiger partial charge in [0.1, 0.15) is 6.61 Å². The highest BCUT2D eigenvalue weighted by Gasteiger charge is 2.16.